The minimum absolute atomic E-state index is 0.128. The van der Waals surface area contributed by atoms with Gasteiger partial charge in [-0.2, -0.15) is 0 Å². The molecule has 21 heavy (non-hydrogen) atoms. The molecular weight excluding hydrogens is 350 g/mol. The first-order chi connectivity index (χ1) is 9.86. The van der Waals surface area contributed by atoms with Gasteiger partial charge >= 0.3 is 0 Å². The summed E-state index contributed by atoms with van der Waals surface area (Å²) in [4.78, 5) is 0. The van der Waals surface area contributed by atoms with E-state index in [0.29, 0.717) is 0 Å². The summed E-state index contributed by atoms with van der Waals surface area (Å²) in [6.07, 6.45) is 0. The molecule has 1 N–H and O–H groups in total. The summed E-state index contributed by atoms with van der Waals surface area (Å²) in [5, 5.41) is 2.62. The molecule has 0 aromatic heterocycles. The van der Waals surface area contributed by atoms with Gasteiger partial charge in [0.15, 0.2) is 11.6 Å². The van der Waals surface area contributed by atoms with Crippen molar-refractivity contribution >= 4 is 15.9 Å². The molecule has 0 bridgehead atoms. The molecule has 0 saturated heterocycles. The second kappa shape index (κ2) is 6.15. The molecule has 0 radical (unpaired) electrons. The molecule has 0 saturated carbocycles. The lowest BCUT2D eigenvalue weighted by atomic mass is 9.96. The molecule has 0 amide bonds. The van der Waals surface area contributed by atoms with E-state index in [1.807, 2.05) is 0 Å². The average molecular weight is 362 g/mol. The number of aryl methyl sites for hydroxylation is 1. The Kier molecular flexibility index (Phi) is 4.68. The van der Waals surface area contributed by atoms with Gasteiger partial charge in [-0.05, 0) is 31.7 Å². The second-order valence-corrected chi connectivity index (χ2v) is 5.52. The minimum atomic E-state index is -1.13. The predicted molar refractivity (Wildman–Crippen MR) is 76.1 cm³/mol. The van der Waals surface area contributed by atoms with E-state index in [1.165, 1.54) is 26.1 Å². The zero-order valence-corrected chi connectivity index (χ0v) is 12.9. The Morgan fingerprint density at radius 1 is 1.00 bits per heavy atom. The highest BCUT2D eigenvalue weighted by Crippen LogP contribution is 2.31. The van der Waals surface area contributed by atoms with Crippen LogP contribution in [0.25, 0.3) is 0 Å². The van der Waals surface area contributed by atoms with Crippen LogP contribution in [0.1, 0.15) is 22.7 Å². The highest BCUT2D eigenvalue weighted by molar-refractivity contribution is 9.10. The third-order valence-electron chi connectivity index (χ3n) is 3.24. The van der Waals surface area contributed by atoms with Crippen LogP contribution in [0.15, 0.2) is 28.7 Å². The Hall–Kier alpha value is -1.40. The third kappa shape index (κ3) is 2.96. The van der Waals surface area contributed by atoms with Gasteiger partial charge in [0.25, 0.3) is 0 Å². The quantitative estimate of drug-likeness (QED) is 0.786. The normalized spacial score (nSPS) is 12.5. The molecule has 0 heterocycles. The van der Waals surface area contributed by atoms with Crippen LogP contribution in [0, 0.1) is 30.2 Å². The lowest BCUT2D eigenvalue weighted by molar-refractivity contribution is 0.469. The lowest BCUT2D eigenvalue weighted by Gasteiger charge is -2.20. The molecule has 0 spiro atoms. The standard InChI is InChI=1S/C15H12BrF4N/c1-7-3-4-9(14(20)13(7)19)15(21-2)12-10(17)5-8(16)6-11(12)18/h3-6,15,21H,1-2H3. The molecule has 2 aromatic carbocycles. The molecule has 2 rings (SSSR count). The number of benzene rings is 2. The molecule has 0 fully saturated rings. The molecule has 2 aromatic rings. The Balaban J connectivity index is 2.64. The number of halogens is 5. The van der Waals surface area contributed by atoms with Gasteiger partial charge in [-0.15, -0.1) is 0 Å². The van der Waals surface area contributed by atoms with E-state index in [-0.39, 0.29) is 21.2 Å². The van der Waals surface area contributed by atoms with E-state index in [2.05, 4.69) is 21.2 Å². The summed E-state index contributed by atoms with van der Waals surface area (Å²) in [6.45, 7) is 1.41. The molecule has 1 atom stereocenters. The number of nitrogens with one attached hydrogen (secondary N) is 1. The Labute approximate surface area is 128 Å². The van der Waals surface area contributed by atoms with Crippen molar-refractivity contribution in [3.8, 4) is 0 Å². The fraction of sp³-hybridized carbons (Fsp3) is 0.200. The predicted octanol–water partition coefficient (Wildman–Crippen LogP) is 4.62. The van der Waals surface area contributed by atoms with Crippen LogP contribution in [0.5, 0.6) is 0 Å². The van der Waals surface area contributed by atoms with Gasteiger partial charge in [0.2, 0.25) is 0 Å². The maximum absolute atomic E-state index is 14.1. The van der Waals surface area contributed by atoms with Crippen molar-refractivity contribution in [3.05, 3.63) is 68.7 Å². The molecule has 112 valence electrons. The summed E-state index contributed by atoms with van der Waals surface area (Å²) in [7, 11) is 1.42. The Morgan fingerprint density at radius 3 is 2.10 bits per heavy atom. The van der Waals surface area contributed by atoms with Crippen molar-refractivity contribution in [2.45, 2.75) is 13.0 Å². The summed E-state index contributed by atoms with van der Waals surface area (Å²) in [5.41, 5.74) is -0.383. The summed E-state index contributed by atoms with van der Waals surface area (Å²) in [5.74, 6) is -3.83. The molecular formula is C15H12BrF4N. The maximum Gasteiger partial charge on any atom is 0.164 e. The highest BCUT2D eigenvalue weighted by Gasteiger charge is 2.25. The van der Waals surface area contributed by atoms with Gasteiger partial charge in [0.1, 0.15) is 11.6 Å². The van der Waals surface area contributed by atoms with Gasteiger partial charge in [0.05, 0.1) is 6.04 Å². The topological polar surface area (TPSA) is 12.0 Å². The molecule has 1 unspecified atom stereocenters. The number of hydrogen-bond donors (Lipinski definition) is 1. The first-order valence-corrected chi connectivity index (χ1v) is 6.92. The molecule has 1 nitrogen and oxygen atoms in total. The van der Waals surface area contributed by atoms with Crippen molar-refractivity contribution in [1.29, 1.82) is 0 Å². The van der Waals surface area contributed by atoms with Gasteiger partial charge in [0, 0.05) is 15.6 Å². The maximum atomic E-state index is 14.1. The average Bonchev–Trinajstić information content (AvgIpc) is 2.41. The third-order valence-corrected chi connectivity index (χ3v) is 3.70. The van der Waals surface area contributed by atoms with Crippen LogP contribution >= 0.6 is 15.9 Å². The second-order valence-electron chi connectivity index (χ2n) is 4.60. The van der Waals surface area contributed by atoms with Crippen LogP contribution < -0.4 is 5.32 Å². The smallest absolute Gasteiger partial charge is 0.164 e. The van der Waals surface area contributed by atoms with E-state index >= 15 is 0 Å². The van der Waals surface area contributed by atoms with E-state index in [9.17, 15) is 17.6 Å². The van der Waals surface area contributed by atoms with Crippen molar-refractivity contribution < 1.29 is 17.6 Å². The summed E-state index contributed by atoms with van der Waals surface area (Å²) < 4.78 is 56.0. The van der Waals surface area contributed by atoms with E-state index in [4.69, 9.17) is 0 Å². The number of hydrogen-bond acceptors (Lipinski definition) is 1. The Morgan fingerprint density at radius 2 is 1.57 bits per heavy atom. The van der Waals surface area contributed by atoms with Crippen LogP contribution in [-0.2, 0) is 0 Å². The first kappa shape index (κ1) is 16.0. The van der Waals surface area contributed by atoms with Gasteiger partial charge in [-0.25, -0.2) is 17.6 Å². The monoisotopic (exact) mass is 361 g/mol. The number of rotatable bonds is 3. The largest absolute Gasteiger partial charge is 0.309 e. The fourth-order valence-corrected chi connectivity index (χ4v) is 2.57. The van der Waals surface area contributed by atoms with Crippen LogP contribution in [-0.4, -0.2) is 7.05 Å². The van der Waals surface area contributed by atoms with Crippen molar-refractivity contribution in [1.82, 2.24) is 5.32 Å². The summed E-state index contributed by atoms with van der Waals surface area (Å²) in [6, 6.07) is 3.70. The lowest BCUT2D eigenvalue weighted by Crippen LogP contribution is -2.22. The first-order valence-electron chi connectivity index (χ1n) is 6.13. The van der Waals surface area contributed by atoms with E-state index in [1.54, 1.807) is 0 Å². The molecule has 0 aliphatic carbocycles. The minimum Gasteiger partial charge on any atom is -0.309 e. The Bertz CT molecular complexity index is 665. The SMILES string of the molecule is CNC(c1ccc(C)c(F)c1F)c1c(F)cc(Br)cc1F. The highest BCUT2D eigenvalue weighted by atomic mass is 79.9. The van der Waals surface area contributed by atoms with Crippen LogP contribution in [0.2, 0.25) is 0 Å². The summed E-state index contributed by atoms with van der Waals surface area (Å²) >= 11 is 2.98. The van der Waals surface area contributed by atoms with E-state index in [0.717, 1.165) is 12.1 Å². The van der Waals surface area contributed by atoms with Gasteiger partial charge in [-0.3, -0.25) is 0 Å². The van der Waals surface area contributed by atoms with Crippen molar-refractivity contribution in [3.63, 3.8) is 0 Å². The van der Waals surface area contributed by atoms with Crippen LogP contribution in [0.3, 0.4) is 0 Å². The van der Waals surface area contributed by atoms with E-state index < -0.39 is 29.3 Å². The molecule has 0 aliphatic heterocycles. The van der Waals surface area contributed by atoms with Crippen molar-refractivity contribution in [2.24, 2.45) is 0 Å². The molecule has 0 aliphatic rings. The van der Waals surface area contributed by atoms with Gasteiger partial charge < -0.3 is 5.32 Å². The zero-order valence-electron chi connectivity index (χ0n) is 11.3. The fourth-order valence-electron chi connectivity index (χ4n) is 2.17. The van der Waals surface area contributed by atoms with Gasteiger partial charge in [-0.1, -0.05) is 28.1 Å². The van der Waals surface area contributed by atoms with Crippen LogP contribution in [0.4, 0.5) is 17.6 Å². The molecule has 6 heteroatoms. The zero-order chi connectivity index (χ0) is 15.7. The van der Waals surface area contributed by atoms with Crippen molar-refractivity contribution in [2.75, 3.05) is 7.05 Å².